The first-order valence-corrected chi connectivity index (χ1v) is 6.35. The Bertz CT molecular complexity index is 813. The highest BCUT2D eigenvalue weighted by molar-refractivity contribution is 6.42. The first-order valence-electron chi connectivity index (χ1n) is 5.59. The fraction of sp³-hybridized carbons (Fsp3) is 0. The predicted octanol–water partition coefficient (Wildman–Crippen LogP) is 3.90. The third-order valence-electron chi connectivity index (χ3n) is 2.88. The monoisotopic (exact) mass is 290 g/mol. The highest BCUT2D eigenvalue weighted by Crippen LogP contribution is 2.30. The lowest BCUT2D eigenvalue weighted by molar-refractivity contribution is 1.02. The molecule has 0 saturated heterocycles. The summed E-state index contributed by atoms with van der Waals surface area (Å²) in [6.07, 6.45) is 0. The van der Waals surface area contributed by atoms with Crippen LogP contribution < -0.4 is 5.56 Å². The topological polar surface area (TPSA) is 45.8 Å². The van der Waals surface area contributed by atoms with E-state index in [-0.39, 0.29) is 5.56 Å². The minimum atomic E-state index is -0.284. The Kier molecular flexibility index (Phi) is 3.01. The number of hydrogen-bond acceptors (Lipinski definition) is 2. The smallest absolute Gasteiger partial charge is 0.267 e. The molecule has 0 unspecified atom stereocenters. The van der Waals surface area contributed by atoms with Gasteiger partial charge in [-0.2, -0.15) is 5.10 Å². The zero-order valence-electron chi connectivity index (χ0n) is 9.65. The molecular formula is C14H8Cl2N2O. The number of hydrogen-bond donors (Lipinski definition) is 1. The summed E-state index contributed by atoms with van der Waals surface area (Å²) in [5.41, 5.74) is 1.30. The largest absolute Gasteiger partial charge is 0.272 e. The Labute approximate surface area is 118 Å². The fourth-order valence-corrected chi connectivity index (χ4v) is 2.30. The number of aromatic amines is 1. The molecule has 0 radical (unpaired) electrons. The molecule has 0 fully saturated rings. The standard InChI is InChI=1S/C14H8Cl2N2O/c15-11-6-9-10(7-12(11)16)14(19)18-17-13(9)8-4-2-1-3-5-8/h1-7H,(H,18,19). The summed E-state index contributed by atoms with van der Waals surface area (Å²) in [4.78, 5) is 11.8. The molecule has 1 heterocycles. The molecule has 0 spiro atoms. The number of fused-ring (bicyclic) bond motifs is 1. The number of nitrogens with one attached hydrogen (secondary N) is 1. The normalized spacial score (nSPS) is 10.8. The molecule has 94 valence electrons. The van der Waals surface area contributed by atoms with Crippen LogP contribution in [0.1, 0.15) is 0 Å². The van der Waals surface area contributed by atoms with E-state index >= 15 is 0 Å². The van der Waals surface area contributed by atoms with Crippen molar-refractivity contribution in [3.63, 3.8) is 0 Å². The van der Waals surface area contributed by atoms with Crippen molar-refractivity contribution >= 4 is 34.0 Å². The van der Waals surface area contributed by atoms with E-state index in [0.29, 0.717) is 26.5 Å². The van der Waals surface area contributed by atoms with E-state index in [2.05, 4.69) is 10.2 Å². The maximum Gasteiger partial charge on any atom is 0.272 e. The van der Waals surface area contributed by atoms with Crippen molar-refractivity contribution in [2.75, 3.05) is 0 Å². The van der Waals surface area contributed by atoms with Crippen LogP contribution in [0.4, 0.5) is 0 Å². The second-order valence-electron chi connectivity index (χ2n) is 4.08. The van der Waals surface area contributed by atoms with Crippen molar-refractivity contribution in [3.8, 4) is 11.3 Å². The van der Waals surface area contributed by atoms with Gasteiger partial charge in [0.15, 0.2) is 0 Å². The first-order chi connectivity index (χ1) is 9.16. The Morgan fingerprint density at radius 3 is 2.26 bits per heavy atom. The van der Waals surface area contributed by atoms with Crippen LogP contribution in [0.25, 0.3) is 22.0 Å². The number of nitrogens with zero attached hydrogens (tertiary/aromatic N) is 1. The van der Waals surface area contributed by atoms with Gasteiger partial charge >= 0.3 is 0 Å². The summed E-state index contributed by atoms with van der Waals surface area (Å²) in [7, 11) is 0. The van der Waals surface area contributed by atoms with E-state index < -0.39 is 0 Å². The predicted molar refractivity (Wildman–Crippen MR) is 77.8 cm³/mol. The summed E-state index contributed by atoms with van der Waals surface area (Å²) in [5.74, 6) is 0. The van der Waals surface area contributed by atoms with Crippen LogP contribution in [0.2, 0.25) is 10.0 Å². The average Bonchev–Trinajstić information content (AvgIpc) is 2.42. The molecule has 0 aliphatic heterocycles. The van der Waals surface area contributed by atoms with Crippen LogP contribution in [0.3, 0.4) is 0 Å². The molecule has 0 amide bonds. The highest BCUT2D eigenvalue weighted by atomic mass is 35.5. The molecule has 0 aliphatic rings. The molecule has 0 aliphatic carbocycles. The van der Waals surface area contributed by atoms with Crippen molar-refractivity contribution in [1.82, 2.24) is 10.2 Å². The van der Waals surface area contributed by atoms with E-state index in [1.807, 2.05) is 30.3 Å². The van der Waals surface area contributed by atoms with Gasteiger partial charge in [0, 0.05) is 10.9 Å². The van der Waals surface area contributed by atoms with Crippen LogP contribution in [0.5, 0.6) is 0 Å². The van der Waals surface area contributed by atoms with Crippen molar-refractivity contribution in [2.24, 2.45) is 0 Å². The molecule has 3 rings (SSSR count). The minimum absolute atomic E-state index is 0.284. The lowest BCUT2D eigenvalue weighted by atomic mass is 10.1. The van der Waals surface area contributed by atoms with Crippen LogP contribution in [-0.2, 0) is 0 Å². The average molecular weight is 291 g/mol. The Hall–Kier alpha value is -1.84. The van der Waals surface area contributed by atoms with Gasteiger partial charge in [0.05, 0.1) is 21.1 Å². The molecule has 2 aromatic carbocycles. The Morgan fingerprint density at radius 1 is 0.947 bits per heavy atom. The molecule has 19 heavy (non-hydrogen) atoms. The molecule has 3 aromatic rings. The quantitative estimate of drug-likeness (QED) is 0.739. The number of halogens is 2. The number of H-pyrrole nitrogens is 1. The zero-order valence-corrected chi connectivity index (χ0v) is 11.2. The lowest BCUT2D eigenvalue weighted by Crippen LogP contribution is -2.09. The molecule has 0 saturated carbocycles. The van der Waals surface area contributed by atoms with Gasteiger partial charge in [0.2, 0.25) is 0 Å². The van der Waals surface area contributed by atoms with E-state index in [4.69, 9.17) is 23.2 Å². The van der Waals surface area contributed by atoms with Crippen molar-refractivity contribution in [1.29, 1.82) is 0 Å². The molecule has 0 bridgehead atoms. The van der Waals surface area contributed by atoms with Crippen LogP contribution >= 0.6 is 23.2 Å². The maximum atomic E-state index is 11.8. The summed E-state index contributed by atoms with van der Waals surface area (Å²) >= 11 is 12.0. The summed E-state index contributed by atoms with van der Waals surface area (Å²) < 4.78 is 0. The molecule has 0 atom stereocenters. The van der Waals surface area contributed by atoms with Gasteiger partial charge in [-0.15, -0.1) is 0 Å². The number of rotatable bonds is 1. The molecule has 5 heteroatoms. The second kappa shape index (κ2) is 4.68. The summed E-state index contributed by atoms with van der Waals surface area (Å²) in [5, 5.41) is 8.50. The van der Waals surface area contributed by atoms with E-state index in [1.165, 1.54) is 0 Å². The van der Waals surface area contributed by atoms with Gasteiger partial charge in [-0.1, -0.05) is 53.5 Å². The van der Waals surface area contributed by atoms with E-state index in [9.17, 15) is 4.79 Å². The van der Waals surface area contributed by atoms with Crippen molar-refractivity contribution in [2.45, 2.75) is 0 Å². The van der Waals surface area contributed by atoms with E-state index in [1.54, 1.807) is 12.1 Å². The van der Waals surface area contributed by atoms with Crippen LogP contribution in [-0.4, -0.2) is 10.2 Å². The zero-order chi connectivity index (χ0) is 13.4. The molecule has 3 nitrogen and oxygen atoms in total. The van der Waals surface area contributed by atoms with Gasteiger partial charge < -0.3 is 0 Å². The third-order valence-corrected chi connectivity index (χ3v) is 3.60. The molecule has 1 N–H and O–H groups in total. The third kappa shape index (κ3) is 2.11. The summed E-state index contributed by atoms with van der Waals surface area (Å²) in [6, 6.07) is 12.8. The first kappa shape index (κ1) is 12.2. The second-order valence-corrected chi connectivity index (χ2v) is 4.89. The van der Waals surface area contributed by atoms with Crippen LogP contribution in [0.15, 0.2) is 47.3 Å². The van der Waals surface area contributed by atoms with Gasteiger partial charge in [-0.05, 0) is 12.1 Å². The SMILES string of the molecule is O=c1[nH]nc(-c2ccccc2)c2cc(Cl)c(Cl)cc12. The molecular weight excluding hydrogens is 283 g/mol. The van der Waals surface area contributed by atoms with Crippen molar-refractivity contribution in [3.05, 3.63) is 62.9 Å². The number of aromatic nitrogens is 2. The van der Waals surface area contributed by atoms with Gasteiger partial charge in [-0.3, -0.25) is 4.79 Å². The van der Waals surface area contributed by atoms with Gasteiger partial charge in [0.25, 0.3) is 5.56 Å². The fourth-order valence-electron chi connectivity index (χ4n) is 1.97. The lowest BCUT2D eigenvalue weighted by Gasteiger charge is -2.06. The minimum Gasteiger partial charge on any atom is -0.267 e. The highest BCUT2D eigenvalue weighted by Gasteiger charge is 2.11. The maximum absolute atomic E-state index is 11.8. The van der Waals surface area contributed by atoms with Crippen molar-refractivity contribution < 1.29 is 0 Å². The van der Waals surface area contributed by atoms with Gasteiger partial charge in [0.1, 0.15) is 0 Å². The number of benzene rings is 2. The summed E-state index contributed by atoms with van der Waals surface area (Å²) in [6.45, 7) is 0. The Morgan fingerprint density at radius 2 is 1.58 bits per heavy atom. The van der Waals surface area contributed by atoms with E-state index in [0.717, 1.165) is 5.56 Å². The Balaban J connectivity index is 2.42. The van der Waals surface area contributed by atoms with Gasteiger partial charge in [-0.25, -0.2) is 5.10 Å². The van der Waals surface area contributed by atoms with Crippen LogP contribution in [0, 0.1) is 0 Å². The molecule has 1 aromatic heterocycles.